The molecule has 2 amide bonds. The highest BCUT2D eigenvalue weighted by atomic mass is 35.5. The number of aromatic nitrogens is 2. The van der Waals surface area contributed by atoms with Crippen LogP contribution >= 0.6 is 11.6 Å². The summed E-state index contributed by atoms with van der Waals surface area (Å²) in [4.78, 5) is 34.3. The first-order valence-electron chi connectivity index (χ1n) is 10.7. The van der Waals surface area contributed by atoms with Crippen molar-refractivity contribution in [1.82, 2.24) is 24.7 Å². The summed E-state index contributed by atoms with van der Waals surface area (Å²) in [7, 11) is 5.29. The summed E-state index contributed by atoms with van der Waals surface area (Å²) in [6.45, 7) is 7.64. The highest BCUT2D eigenvalue weighted by Crippen LogP contribution is 2.30. The topological polar surface area (TPSA) is 70.5 Å². The standard InChI is InChI=1S/C23H31ClFN5O2/c1-23(2,3)19(22(32)28(4)5)27-21(31)18-17-13-29(6)10-7-11-30(17)20(26-18)15-9-8-14(24)12-16(15)25/h8-9,12,19H,7,10-11,13H2,1-6H3,(H,27,31)/t19-/m1/s1. The van der Waals surface area contributed by atoms with Crippen molar-refractivity contribution >= 4 is 23.4 Å². The molecule has 0 radical (unpaired) electrons. The first-order chi connectivity index (χ1) is 14.9. The molecule has 0 saturated heterocycles. The Balaban J connectivity index is 2.08. The predicted octanol–water partition coefficient (Wildman–Crippen LogP) is 3.41. The molecule has 1 aliphatic rings. The van der Waals surface area contributed by atoms with E-state index in [2.05, 4.69) is 15.2 Å². The Morgan fingerprint density at radius 1 is 1.25 bits per heavy atom. The number of likely N-dealkylation sites (N-methyl/N-ethyl adjacent to an activating group) is 1. The molecule has 0 spiro atoms. The highest BCUT2D eigenvalue weighted by molar-refractivity contribution is 6.30. The Bertz CT molecular complexity index is 1030. The van der Waals surface area contributed by atoms with E-state index in [1.165, 1.54) is 11.0 Å². The largest absolute Gasteiger partial charge is 0.347 e. The van der Waals surface area contributed by atoms with Crippen LogP contribution in [0.1, 0.15) is 43.4 Å². The van der Waals surface area contributed by atoms with Crippen LogP contribution in [0.2, 0.25) is 5.02 Å². The number of rotatable bonds is 4. The van der Waals surface area contributed by atoms with Crippen molar-refractivity contribution in [3.63, 3.8) is 0 Å². The zero-order valence-corrected chi connectivity index (χ0v) is 20.3. The van der Waals surface area contributed by atoms with Gasteiger partial charge in [0.25, 0.3) is 5.91 Å². The van der Waals surface area contributed by atoms with Gasteiger partial charge in [0.05, 0.1) is 11.3 Å². The molecule has 1 aromatic heterocycles. The van der Waals surface area contributed by atoms with Crippen LogP contribution in [0.3, 0.4) is 0 Å². The summed E-state index contributed by atoms with van der Waals surface area (Å²) >= 11 is 5.93. The summed E-state index contributed by atoms with van der Waals surface area (Å²) in [5.74, 6) is -0.747. The van der Waals surface area contributed by atoms with Crippen LogP contribution in [-0.4, -0.2) is 64.9 Å². The zero-order chi connectivity index (χ0) is 23.8. The van der Waals surface area contributed by atoms with E-state index in [0.29, 0.717) is 29.6 Å². The number of hydrogen-bond donors (Lipinski definition) is 1. The number of carbonyl (C=O) groups excluding carboxylic acids is 2. The van der Waals surface area contributed by atoms with Gasteiger partial charge >= 0.3 is 0 Å². The van der Waals surface area contributed by atoms with Crippen molar-refractivity contribution in [3.8, 4) is 11.4 Å². The van der Waals surface area contributed by atoms with Gasteiger partial charge in [-0.25, -0.2) is 9.37 Å². The van der Waals surface area contributed by atoms with Crippen LogP contribution in [-0.2, 0) is 17.9 Å². The maximum Gasteiger partial charge on any atom is 0.272 e. The van der Waals surface area contributed by atoms with E-state index < -0.39 is 23.2 Å². The molecule has 9 heteroatoms. The van der Waals surface area contributed by atoms with E-state index in [1.54, 1.807) is 26.2 Å². The van der Waals surface area contributed by atoms with E-state index in [-0.39, 0.29) is 17.2 Å². The van der Waals surface area contributed by atoms with Crippen molar-refractivity contribution in [3.05, 3.63) is 40.4 Å². The van der Waals surface area contributed by atoms with Crippen molar-refractivity contribution in [2.45, 2.75) is 46.3 Å². The Labute approximate surface area is 193 Å². The van der Waals surface area contributed by atoms with Gasteiger partial charge in [0.15, 0.2) is 5.69 Å². The number of carbonyl (C=O) groups is 2. The number of imidazole rings is 1. The summed E-state index contributed by atoms with van der Waals surface area (Å²) < 4.78 is 16.7. The summed E-state index contributed by atoms with van der Waals surface area (Å²) in [6.07, 6.45) is 0.840. The summed E-state index contributed by atoms with van der Waals surface area (Å²) in [6, 6.07) is 3.70. The SMILES string of the molecule is CN1CCCn2c(-c3ccc(Cl)cc3F)nc(C(=O)N[C@H](C(=O)N(C)C)C(C)(C)C)c2C1. The molecular formula is C23H31ClFN5O2. The van der Waals surface area contributed by atoms with Crippen molar-refractivity contribution in [1.29, 1.82) is 0 Å². The highest BCUT2D eigenvalue weighted by Gasteiger charge is 2.36. The number of fused-ring (bicyclic) bond motifs is 1. The van der Waals surface area contributed by atoms with Gasteiger partial charge in [0.2, 0.25) is 5.91 Å². The fraction of sp³-hybridized carbons (Fsp3) is 0.522. The molecular weight excluding hydrogens is 433 g/mol. The second kappa shape index (κ2) is 9.19. The Morgan fingerprint density at radius 3 is 2.53 bits per heavy atom. The monoisotopic (exact) mass is 463 g/mol. The fourth-order valence-electron chi connectivity index (χ4n) is 3.89. The Kier molecular flexibility index (Phi) is 6.95. The molecule has 0 fully saturated rings. The van der Waals surface area contributed by atoms with Crippen LogP contribution < -0.4 is 5.32 Å². The van der Waals surface area contributed by atoms with Gasteiger partial charge in [0.1, 0.15) is 17.7 Å². The lowest BCUT2D eigenvalue weighted by molar-refractivity contribution is -0.133. The first kappa shape index (κ1) is 24.2. The van der Waals surface area contributed by atoms with E-state index in [1.807, 2.05) is 32.4 Å². The smallest absolute Gasteiger partial charge is 0.272 e. The van der Waals surface area contributed by atoms with E-state index >= 15 is 0 Å². The molecule has 0 saturated carbocycles. The third-order valence-corrected chi connectivity index (χ3v) is 5.87. The molecule has 1 N–H and O–H groups in total. The predicted molar refractivity (Wildman–Crippen MR) is 123 cm³/mol. The van der Waals surface area contributed by atoms with Crippen molar-refractivity contribution in [2.75, 3.05) is 27.7 Å². The van der Waals surface area contributed by atoms with Gasteiger partial charge in [0, 0.05) is 32.2 Å². The van der Waals surface area contributed by atoms with Gasteiger partial charge < -0.3 is 19.7 Å². The van der Waals surface area contributed by atoms with E-state index in [4.69, 9.17) is 11.6 Å². The molecule has 1 aliphatic heterocycles. The minimum absolute atomic E-state index is 0.197. The van der Waals surface area contributed by atoms with E-state index in [9.17, 15) is 14.0 Å². The quantitative estimate of drug-likeness (QED) is 0.754. The number of amides is 2. The van der Waals surface area contributed by atoms with Gasteiger partial charge in [-0.1, -0.05) is 32.4 Å². The molecule has 1 atom stereocenters. The molecule has 174 valence electrons. The fourth-order valence-corrected chi connectivity index (χ4v) is 4.04. The molecule has 3 rings (SSSR count). The molecule has 1 aromatic carbocycles. The van der Waals surface area contributed by atoms with Crippen LogP contribution in [0.25, 0.3) is 11.4 Å². The molecule has 0 unspecified atom stereocenters. The molecule has 32 heavy (non-hydrogen) atoms. The number of nitrogens with one attached hydrogen (secondary N) is 1. The second-order valence-corrected chi connectivity index (χ2v) is 10.0. The number of hydrogen-bond acceptors (Lipinski definition) is 4. The normalized spacial score (nSPS) is 15.6. The zero-order valence-electron chi connectivity index (χ0n) is 19.5. The lowest BCUT2D eigenvalue weighted by Crippen LogP contribution is -2.53. The van der Waals surface area contributed by atoms with Crippen LogP contribution in [0.4, 0.5) is 4.39 Å². The third kappa shape index (κ3) is 4.96. The number of halogens is 2. The minimum Gasteiger partial charge on any atom is -0.347 e. The molecule has 2 heterocycles. The molecule has 0 bridgehead atoms. The number of nitrogens with zero attached hydrogens (tertiary/aromatic N) is 4. The summed E-state index contributed by atoms with van der Waals surface area (Å²) in [5.41, 5.74) is 0.701. The molecule has 0 aliphatic carbocycles. The average molecular weight is 464 g/mol. The molecule has 2 aromatic rings. The van der Waals surface area contributed by atoms with Crippen molar-refractivity contribution in [2.24, 2.45) is 5.41 Å². The lowest BCUT2D eigenvalue weighted by Gasteiger charge is -2.32. The van der Waals surface area contributed by atoms with Crippen LogP contribution in [0, 0.1) is 11.2 Å². The Morgan fingerprint density at radius 2 is 1.94 bits per heavy atom. The third-order valence-electron chi connectivity index (χ3n) is 5.63. The van der Waals surface area contributed by atoms with Gasteiger partial charge in [-0.2, -0.15) is 0 Å². The average Bonchev–Trinajstić information content (AvgIpc) is 2.90. The van der Waals surface area contributed by atoms with Gasteiger partial charge in [-0.05, 0) is 43.6 Å². The maximum absolute atomic E-state index is 14.8. The number of benzene rings is 1. The van der Waals surface area contributed by atoms with Crippen LogP contribution in [0.5, 0.6) is 0 Å². The van der Waals surface area contributed by atoms with E-state index in [0.717, 1.165) is 13.0 Å². The van der Waals surface area contributed by atoms with Gasteiger partial charge in [-0.3, -0.25) is 9.59 Å². The van der Waals surface area contributed by atoms with Crippen molar-refractivity contribution < 1.29 is 14.0 Å². The summed E-state index contributed by atoms with van der Waals surface area (Å²) in [5, 5.41) is 3.18. The molecule has 7 nitrogen and oxygen atoms in total. The lowest BCUT2D eigenvalue weighted by atomic mass is 9.85. The Hall–Kier alpha value is -2.45. The van der Waals surface area contributed by atoms with Gasteiger partial charge in [-0.15, -0.1) is 0 Å². The second-order valence-electron chi connectivity index (χ2n) is 9.60. The maximum atomic E-state index is 14.8. The van der Waals surface area contributed by atoms with Crippen LogP contribution in [0.15, 0.2) is 18.2 Å². The first-order valence-corrected chi connectivity index (χ1v) is 11.0. The minimum atomic E-state index is -0.735.